The van der Waals surface area contributed by atoms with Crippen LogP contribution < -0.4 is 4.90 Å². The van der Waals surface area contributed by atoms with E-state index in [1.807, 2.05) is 54.2 Å². The molecule has 1 aromatic carbocycles. The fourth-order valence-corrected chi connectivity index (χ4v) is 2.90. The third-order valence-corrected chi connectivity index (χ3v) is 4.14. The molecule has 3 rings (SSSR count). The second-order valence-corrected chi connectivity index (χ2v) is 5.80. The van der Waals surface area contributed by atoms with Gasteiger partial charge in [0.15, 0.2) is 0 Å². The Morgan fingerprint density at radius 2 is 1.73 bits per heavy atom. The van der Waals surface area contributed by atoms with Crippen molar-refractivity contribution in [3.8, 4) is 5.69 Å². The van der Waals surface area contributed by atoms with Crippen LogP contribution in [-0.4, -0.2) is 44.1 Å². The largest absolute Gasteiger partial charge is 0.466 e. The fraction of sp³-hybridized carbons (Fsp3) is 0.263. The van der Waals surface area contributed by atoms with Crippen LogP contribution in [0.15, 0.2) is 54.0 Å². The monoisotopic (exact) mass is 356 g/mol. The molecule has 0 aliphatic carbocycles. The molecular formula is C19H20N2O5. The van der Waals surface area contributed by atoms with Gasteiger partial charge in [0.05, 0.1) is 37.8 Å². The van der Waals surface area contributed by atoms with Crippen LogP contribution in [0.5, 0.6) is 0 Å². The molecule has 0 fully saturated rings. The summed E-state index contributed by atoms with van der Waals surface area (Å²) < 4.78 is 17.2. The highest BCUT2D eigenvalue weighted by atomic mass is 16.5. The molecule has 7 nitrogen and oxygen atoms in total. The minimum Gasteiger partial charge on any atom is -0.466 e. The average molecular weight is 356 g/mol. The molecule has 7 heteroatoms. The van der Waals surface area contributed by atoms with E-state index in [0.29, 0.717) is 0 Å². The second-order valence-electron chi connectivity index (χ2n) is 5.80. The molecule has 136 valence electrons. The van der Waals surface area contributed by atoms with E-state index in [1.165, 1.54) is 14.2 Å². The van der Waals surface area contributed by atoms with Crippen molar-refractivity contribution in [2.45, 2.75) is 6.92 Å². The Labute approximate surface area is 151 Å². The van der Waals surface area contributed by atoms with Crippen molar-refractivity contribution in [2.75, 3.05) is 32.5 Å². The summed E-state index contributed by atoms with van der Waals surface area (Å²) in [6, 6.07) is 9.68. The summed E-state index contributed by atoms with van der Waals surface area (Å²) in [4.78, 5) is 26.3. The molecule has 0 saturated carbocycles. The number of rotatable bonds is 4. The average Bonchev–Trinajstić information content (AvgIpc) is 3.20. The van der Waals surface area contributed by atoms with E-state index < -0.39 is 11.9 Å². The van der Waals surface area contributed by atoms with Gasteiger partial charge in [-0.25, -0.2) is 9.59 Å². The van der Waals surface area contributed by atoms with E-state index in [4.69, 9.17) is 14.2 Å². The van der Waals surface area contributed by atoms with Gasteiger partial charge < -0.3 is 23.7 Å². The van der Waals surface area contributed by atoms with Crippen LogP contribution in [0, 0.1) is 6.92 Å². The predicted octanol–water partition coefficient (Wildman–Crippen LogP) is 2.18. The number of carbonyl (C=O) groups excluding carboxylic acids is 2. The molecular weight excluding hydrogens is 336 g/mol. The summed E-state index contributed by atoms with van der Waals surface area (Å²) in [7, 11) is 2.54. The molecule has 0 bridgehead atoms. The molecule has 0 unspecified atom stereocenters. The number of anilines is 1. The van der Waals surface area contributed by atoms with E-state index in [0.717, 1.165) is 16.9 Å². The van der Waals surface area contributed by atoms with Gasteiger partial charge in [-0.2, -0.15) is 0 Å². The normalized spacial score (nSPS) is 14.3. The molecule has 1 aromatic heterocycles. The summed E-state index contributed by atoms with van der Waals surface area (Å²) in [6.07, 6.45) is 3.81. The van der Waals surface area contributed by atoms with Crippen LogP contribution in [0.4, 0.5) is 5.69 Å². The lowest BCUT2D eigenvalue weighted by Crippen LogP contribution is -2.39. The third kappa shape index (κ3) is 3.21. The number of hydrogen-bond donors (Lipinski definition) is 0. The van der Waals surface area contributed by atoms with Gasteiger partial charge in [-0.3, -0.25) is 0 Å². The van der Waals surface area contributed by atoms with E-state index >= 15 is 0 Å². The molecule has 26 heavy (non-hydrogen) atoms. The first-order valence-electron chi connectivity index (χ1n) is 8.06. The molecule has 1 aliphatic heterocycles. The van der Waals surface area contributed by atoms with Gasteiger partial charge in [-0.1, -0.05) is 6.07 Å². The first-order chi connectivity index (χ1) is 12.6. The fourth-order valence-electron chi connectivity index (χ4n) is 2.90. The molecule has 0 N–H and O–H groups in total. The van der Waals surface area contributed by atoms with E-state index in [2.05, 4.69) is 0 Å². The Morgan fingerprint density at radius 1 is 1.04 bits per heavy atom. The topological polar surface area (TPSA) is 70.0 Å². The van der Waals surface area contributed by atoms with Crippen LogP contribution in [0.3, 0.4) is 0 Å². The van der Waals surface area contributed by atoms with Gasteiger partial charge in [-0.15, -0.1) is 0 Å². The number of esters is 2. The van der Waals surface area contributed by atoms with Crippen molar-refractivity contribution in [3.05, 3.63) is 59.6 Å². The van der Waals surface area contributed by atoms with Crippen molar-refractivity contribution in [1.82, 2.24) is 4.57 Å². The summed E-state index contributed by atoms with van der Waals surface area (Å²) in [5, 5.41) is 0. The first kappa shape index (κ1) is 17.8. The zero-order valence-electron chi connectivity index (χ0n) is 14.9. The van der Waals surface area contributed by atoms with Gasteiger partial charge >= 0.3 is 11.9 Å². The van der Waals surface area contributed by atoms with Gasteiger partial charge in [0.2, 0.25) is 0 Å². The number of nitrogens with zero attached hydrogens (tertiary/aromatic N) is 2. The van der Waals surface area contributed by atoms with Gasteiger partial charge in [0.25, 0.3) is 0 Å². The predicted molar refractivity (Wildman–Crippen MR) is 94.9 cm³/mol. The lowest BCUT2D eigenvalue weighted by molar-refractivity contribution is -0.140. The molecule has 0 spiro atoms. The van der Waals surface area contributed by atoms with Crippen molar-refractivity contribution >= 4 is 17.6 Å². The number of hydrogen-bond acceptors (Lipinski definition) is 6. The Balaban J connectivity index is 2.20. The smallest absolute Gasteiger partial charge is 0.355 e. The maximum Gasteiger partial charge on any atom is 0.355 e. The van der Waals surface area contributed by atoms with E-state index in [9.17, 15) is 9.59 Å². The third-order valence-electron chi connectivity index (χ3n) is 4.14. The standard InChI is InChI=1S/C19H20N2O5/c1-13-6-7-15(20-8-4-5-9-20)16(10-13)21-12-26-11-14(18(22)24-2)17(21)19(23)25-3/h4-10H,11-12H2,1-3H3. The molecule has 0 radical (unpaired) electrons. The van der Waals surface area contributed by atoms with Crippen LogP contribution in [0.25, 0.3) is 5.69 Å². The number of benzene rings is 1. The Bertz CT molecular complexity index is 855. The van der Waals surface area contributed by atoms with Crippen molar-refractivity contribution in [3.63, 3.8) is 0 Å². The van der Waals surface area contributed by atoms with Crippen LogP contribution in [-0.2, 0) is 23.8 Å². The zero-order valence-corrected chi connectivity index (χ0v) is 14.9. The number of ether oxygens (including phenoxy) is 3. The van der Waals surface area contributed by atoms with Crippen molar-refractivity contribution in [1.29, 1.82) is 0 Å². The highest BCUT2D eigenvalue weighted by Crippen LogP contribution is 2.32. The molecule has 0 atom stereocenters. The maximum atomic E-state index is 12.5. The summed E-state index contributed by atoms with van der Waals surface area (Å²) >= 11 is 0. The lowest BCUT2D eigenvalue weighted by atomic mass is 10.1. The SMILES string of the molecule is COC(=O)C1=C(C(=O)OC)N(c2cc(C)ccc2-n2cccc2)COC1. The minimum atomic E-state index is -0.620. The van der Waals surface area contributed by atoms with Crippen molar-refractivity contribution in [2.24, 2.45) is 0 Å². The van der Waals surface area contributed by atoms with Gasteiger partial charge in [0, 0.05) is 12.4 Å². The Kier molecular flexibility index (Phi) is 5.09. The summed E-state index contributed by atoms with van der Waals surface area (Å²) in [6.45, 7) is 2.05. The Hall–Kier alpha value is -3.06. The summed E-state index contributed by atoms with van der Waals surface area (Å²) in [5.74, 6) is -1.24. The van der Waals surface area contributed by atoms with Crippen LogP contribution in [0.1, 0.15) is 5.56 Å². The minimum absolute atomic E-state index is 0.0156. The van der Waals surface area contributed by atoms with E-state index in [1.54, 1.807) is 4.90 Å². The first-order valence-corrected chi connectivity index (χ1v) is 8.06. The van der Waals surface area contributed by atoms with E-state index in [-0.39, 0.29) is 24.6 Å². The molecule has 0 saturated heterocycles. The number of aryl methyl sites for hydroxylation is 1. The molecule has 0 amide bonds. The number of carbonyl (C=O) groups is 2. The molecule has 2 heterocycles. The van der Waals surface area contributed by atoms with Crippen LogP contribution >= 0.6 is 0 Å². The number of aromatic nitrogens is 1. The quantitative estimate of drug-likeness (QED) is 0.782. The van der Waals surface area contributed by atoms with Gasteiger partial charge in [0.1, 0.15) is 12.4 Å². The second kappa shape index (κ2) is 7.45. The summed E-state index contributed by atoms with van der Waals surface area (Å²) in [5.41, 5.74) is 2.83. The molecule has 2 aromatic rings. The lowest BCUT2D eigenvalue weighted by Gasteiger charge is -2.32. The van der Waals surface area contributed by atoms with Gasteiger partial charge in [-0.05, 0) is 36.8 Å². The maximum absolute atomic E-state index is 12.5. The highest BCUT2D eigenvalue weighted by molar-refractivity contribution is 6.03. The van der Waals surface area contributed by atoms with Crippen molar-refractivity contribution < 1.29 is 23.8 Å². The highest BCUT2D eigenvalue weighted by Gasteiger charge is 2.33. The molecule has 1 aliphatic rings. The number of methoxy groups -OCH3 is 2. The zero-order chi connectivity index (χ0) is 18.7. The Morgan fingerprint density at radius 3 is 2.38 bits per heavy atom. The van der Waals surface area contributed by atoms with Crippen LogP contribution in [0.2, 0.25) is 0 Å².